The molecule has 0 radical (unpaired) electrons. The van der Waals surface area contributed by atoms with E-state index in [9.17, 15) is 9.59 Å². The first-order valence-electron chi connectivity index (χ1n) is 9.57. The van der Waals surface area contributed by atoms with E-state index in [1.807, 2.05) is 4.90 Å². The van der Waals surface area contributed by atoms with Crippen LogP contribution < -0.4 is 0 Å². The minimum absolute atomic E-state index is 0.0879. The van der Waals surface area contributed by atoms with Crippen LogP contribution in [0.25, 0.3) is 0 Å². The third-order valence-corrected chi connectivity index (χ3v) is 7.46. The number of aryl methyl sites for hydroxylation is 1. The molecule has 26 heavy (non-hydrogen) atoms. The lowest BCUT2D eigenvalue weighted by Gasteiger charge is -2.29. The lowest BCUT2D eigenvalue weighted by Crippen LogP contribution is -2.46. The van der Waals surface area contributed by atoms with Crippen LogP contribution in [0.4, 0.5) is 0 Å². The summed E-state index contributed by atoms with van der Waals surface area (Å²) in [7, 11) is 0. The van der Waals surface area contributed by atoms with E-state index in [0.29, 0.717) is 18.9 Å². The molecule has 1 aliphatic carbocycles. The first-order chi connectivity index (χ1) is 12.6. The van der Waals surface area contributed by atoms with Gasteiger partial charge in [0.15, 0.2) is 0 Å². The summed E-state index contributed by atoms with van der Waals surface area (Å²) in [6.07, 6.45) is 4.63. The Kier molecular flexibility index (Phi) is 5.62. The van der Waals surface area contributed by atoms with E-state index in [1.54, 1.807) is 16.1 Å². The van der Waals surface area contributed by atoms with Gasteiger partial charge in [-0.05, 0) is 42.7 Å². The number of hydrogen-bond donors (Lipinski definition) is 1. The average Bonchev–Trinajstić information content (AvgIpc) is 3.31. The number of amides is 1. The second-order valence-electron chi connectivity index (χ2n) is 7.60. The lowest BCUT2D eigenvalue weighted by molar-refractivity contribution is -0.137. The summed E-state index contributed by atoms with van der Waals surface area (Å²) in [4.78, 5) is 28.0. The van der Waals surface area contributed by atoms with Gasteiger partial charge in [-0.3, -0.25) is 9.59 Å². The topological polar surface area (TPSA) is 40.6 Å². The Morgan fingerprint density at radius 2 is 2.04 bits per heavy atom. The molecule has 140 valence electrons. The van der Waals surface area contributed by atoms with Crippen LogP contribution >= 0.6 is 24.6 Å². The van der Waals surface area contributed by atoms with Crippen LogP contribution in [-0.4, -0.2) is 51.7 Å². The number of rotatable bonds is 4. The Morgan fingerprint density at radius 1 is 1.19 bits per heavy atom. The smallest absolute Gasteiger partial charge is 0.242 e. The van der Waals surface area contributed by atoms with Gasteiger partial charge in [-0.1, -0.05) is 37.1 Å². The van der Waals surface area contributed by atoms with Crippen LogP contribution in [0.1, 0.15) is 42.7 Å². The summed E-state index contributed by atoms with van der Waals surface area (Å²) < 4.78 is 1.79. The summed E-state index contributed by atoms with van der Waals surface area (Å²) in [5.41, 5.74) is 2.73. The fraction of sp³-hybridized carbons (Fsp3) is 0.600. The SMILES string of the molecule is O=C(CC1CCCc2ccccc21)C1CCN(S)[C@H]1C(=O)N1CCSC1. The summed E-state index contributed by atoms with van der Waals surface area (Å²) in [6, 6.07) is 8.14. The Balaban J connectivity index is 1.48. The molecule has 2 aliphatic heterocycles. The fourth-order valence-electron chi connectivity index (χ4n) is 4.65. The monoisotopic (exact) mass is 390 g/mol. The Hall–Kier alpha value is -0.980. The van der Waals surface area contributed by atoms with Gasteiger partial charge in [-0.25, -0.2) is 4.31 Å². The molecule has 0 N–H and O–H groups in total. The van der Waals surface area contributed by atoms with Crippen LogP contribution in [0.15, 0.2) is 24.3 Å². The maximum Gasteiger partial charge on any atom is 0.242 e. The molecule has 1 aromatic rings. The number of nitrogens with zero attached hydrogens (tertiary/aromatic N) is 2. The van der Waals surface area contributed by atoms with Crippen LogP contribution in [0.5, 0.6) is 0 Å². The highest BCUT2D eigenvalue weighted by Crippen LogP contribution is 2.37. The van der Waals surface area contributed by atoms with Crippen molar-refractivity contribution in [2.45, 2.75) is 44.1 Å². The Morgan fingerprint density at radius 3 is 2.85 bits per heavy atom. The van der Waals surface area contributed by atoms with Crippen molar-refractivity contribution in [1.29, 1.82) is 0 Å². The van der Waals surface area contributed by atoms with E-state index in [4.69, 9.17) is 0 Å². The zero-order valence-electron chi connectivity index (χ0n) is 15.0. The maximum atomic E-state index is 13.2. The Labute approximate surface area is 165 Å². The minimum atomic E-state index is -0.386. The molecule has 0 bridgehead atoms. The van der Waals surface area contributed by atoms with Gasteiger partial charge >= 0.3 is 0 Å². The molecular formula is C20H26N2O2S2. The molecular weight excluding hydrogens is 364 g/mol. The van der Waals surface area contributed by atoms with E-state index < -0.39 is 0 Å². The van der Waals surface area contributed by atoms with Crippen LogP contribution in [0, 0.1) is 5.92 Å². The predicted octanol–water partition coefficient (Wildman–Crippen LogP) is 3.13. The van der Waals surface area contributed by atoms with E-state index in [2.05, 4.69) is 37.1 Å². The molecule has 2 fully saturated rings. The molecule has 4 nitrogen and oxygen atoms in total. The number of hydrogen-bond acceptors (Lipinski definition) is 5. The van der Waals surface area contributed by atoms with E-state index in [-0.39, 0.29) is 23.7 Å². The van der Waals surface area contributed by atoms with Crippen molar-refractivity contribution >= 4 is 36.3 Å². The van der Waals surface area contributed by atoms with E-state index in [0.717, 1.165) is 43.9 Å². The highest BCUT2D eigenvalue weighted by Gasteiger charge is 2.44. The quantitative estimate of drug-likeness (QED) is 0.802. The van der Waals surface area contributed by atoms with E-state index in [1.165, 1.54) is 11.1 Å². The van der Waals surface area contributed by atoms with Crippen molar-refractivity contribution in [2.75, 3.05) is 24.7 Å². The molecule has 4 rings (SSSR count). The van der Waals surface area contributed by atoms with Crippen LogP contribution in [0.3, 0.4) is 0 Å². The number of carbonyl (C=O) groups is 2. The number of Topliss-reactive ketones (excluding diaryl/α,β-unsaturated/α-hetero) is 1. The van der Waals surface area contributed by atoms with E-state index >= 15 is 0 Å². The molecule has 2 heterocycles. The van der Waals surface area contributed by atoms with Gasteiger partial charge in [0.2, 0.25) is 5.91 Å². The number of thiol groups is 1. The number of thioether (sulfide) groups is 1. The molecule has 3 atom stereocenters. The maximum absolute atomic E-state index is 13.2. The number of carbonyl (C=O) groups excluding carboxylic acids is 2. The largest absolute Gasteiger partial charge is 0.331 e. The zero-order valence-corrected chi connectivity index (χ0v) is 16.7. The van der Waals surface area contributed by atoms with Crippen molar-refractivity contribution in [3.63, 3.8) is 0 Å². The molecule has 0 spiro atoms. The van der Waals surface area contributed by atoms with Gasteiger partial charge < -0.3 is 4.90 Å². The van der Waals surface area contributed by atoms with Crippen molar-refractivity contribution in [3.8, 4) is 0 Å². The van der Waals surface area contributed by atoms with Crippen LogP contribution in [0.2, 0.25) is 0 Å². The van der Waals surface area contributed by atoms with Gasteiger partial charge in [-0.2, -0.15) is 0 Å². The molecule has 1 aromatic carbocycles. The summed E-state index contributed by atoms with van der Waals surface area (Å²) in [5, 5.41) is 0. The molecule has 2 saturated heterocycles. The van der Waals surface area contributed by atoms with Gasteiger partial charge in [0, 0.05) is 31.2 Å². The van der Waals surface area contributed by atoms with Crippen molar-refractivity contribution in [3.05, 3.63) is 35.4 Å². The molecule has 6 heteroatoms. The molecule has 0 aromatic heterocycles. The minimum Gasteiger partial charge on any atom is -0.331 e. The molecule has 1 amide bonds. The van der Waals surface area contributed by atoms with Gasteiger partial charge in [0.1, 0.15) is 11.8 Å². The number of ketones is 1. The third-order valence-electron chi connectivity index (χ3n) is 6.04. The third kappa shape index (κ3) is 3.56. The number of benzene rings is 1. The van der Waals surface area contributed by atoms with Crippen molar-refractivity contribution < 1.29 is 9.59 Å². The van der Waals surface area contributed by atoms with Crippen molar-refractivity contribution in [1.82, 2.24) is 9.21 Å². The lowest BCUT2D eigenvalue weighted by atomic mass is 9.78. The summed E-state index contributed by atoms with van der Waals surface area (Å²) in [6.45, 7) is 1.50. The second-order valence-corrected chi connectivity index (χ2v) is 9.19. The highest BCUT2D eigenvalue weighted by molar-refractivity contribution is 7.99. The number of fused-ring (bicyclic) bond motifs is 1. The van der Waals surface area contributed by atoms with Crippen molar-refractivity contribution in [2.24, 2.45) is 5.92 Å². The van der Waals surface area contributed by atoms with Crippen LogP contribution in [-0.2, 0) is 16.0 Å². The van der Waals surface area contributed by atoms with Gasteiger partial charge in [0.25, 0.3) is 0 Å². The zero-order chi connectivity index (χ0) is 18.1. The average molecular weight is 391 g/mol. The standard InChI is InChI=1S/C20H26N2O2S2/c23-18(12-15-6-3-5-14-4-1-2-7-16(14)15)17-8-9-22(25)19(17)20(24)21-10-11-26-13-21/h1-2,4,7,15,17,19,25H,3,5-6,8-13H2/t15?,17?,19-/m1/s1. The first kappa shape index (κ1) is 18.4. The van der Waals surface area contributed by atoms with Gasteiger partial charge in [-0.15, -0.1) is 11.8 Å². The summed E-state index contributed by atoms with van der Waals surface area (Å²) in [5.74, 6) is 2.16. The first-order valence-corrected chi connectivity index (χ1v) is 11.1. The fourth-order valence-corrected chi connectivity index (χ4v) is 5.98. The molecule has 3 aliphatic rings. The molecule has 0 saturated carbocycles. The Bertz CT molecular complexity index is 690. The predicted molar refractivity (Wildman–Crippen MR) is 108 cm³/mol. The normalized spacial score (nSPS) is 29.0. The highest BCUT2D eigenvalue weighted by atomic mass is 32.2. The van der Waals surface area contributed by atoms with Gasteiger partial charge in [0.05, 0.1) is 5.88 Å². The molecule has 2 unspecified atom stereocenters. The summed E-state index contributed by atoms with van der Waals surface area (Å²) >= 11 is 6.29. The second kappa shape index (κ2) is 7.95.